The summed E-state index contributed by atoms with van der Waals surface area (Å²) in [6.07, 6.45) is 0. The third-order valence-corrected chi connectivity index (χ3v) is 7.65. The van der Waals surface area contributed by atoms with Crippen LogP contribution in [0.4, 0.5) is 0 Å². The van der Waals surface area contributed by atoms with Gasteiger partial charge in [-0.25, -0.2) is 0 Å². The summed E-state index contributed by atoms with van der Waals surface area (Å²) in [6, 6.07) is 46.7. The van der Waals surface area contributed by atoms with Gasteiger partial charge < -0.3 is 4.90 Å². The van der Waals surface area contributed by atoms with Crippen molar-refractivity contribution in [1.82, 2.24) is 4.90 Å². The summed E-state index contributed by atoms with van der Waals surface area (Å²) in [4.78, 5) is 2.22. The van der Waals surface area contributed by atoms with E-state index < -0.39 is 7.92 Å². The molecule has 0 saturated heterocycles. The van der Waals surface area contributed by atoms with Crippen LogP contribution in [-0.4, -0.2) is 19.0 Å². The van der Waals surface area contributed by atoms with Crippen LogP contribution >= 0.6 is 17.5 Å². The van der Waals surface area contributed by atoms with Crippen LogP contribution in [0.5, 0.6) is 0 Å². The van der Waals surface area contributed by atoms with Crippen molar-refractivity contribution in [3.05, 3.63) is 150 Å². The van der Waals surface area contributed by atoms with Crippen LogP contribution in [0.3, 0.4) is 0 Å². The fourth-order valence-electron chi connectivity index (χ4n) is 3.83. The van der Waals surface area contributed by atoms with E-state index in [-0.39, 0.29) is 0 Å². The molecule has 0 amide bonds. The zero-order chi connectivity index (χ0) is 28.6. The first-order chi connectivity index (χ1) is 19.6. The van der Waals surface area contributed by atoms with Crippen LogP contribution in [-0.2, 0) is 18.2 Å². The predicted octanol–water partition coefficient (Wildman–Crippen LogP) is 8.76. The van der Waals surface area contributed by atoms with Crippen molar-refractivity contribution < 1.29 is 18.2 Å². The topological polar surface area (TPSA) is 3.24 Å². The van der Waals surface area contributed by atoms with Crippen LogP contribution in [0.15, 0.2) is 127 Å². The second-order valence-corrected chi connectivity index (χ2v) is 10.6. The van der Waals surface area contributed by atoms with Gasteiger partial charge in [-0.15, -0.1) is 22.4 Å². The Balaban J connectivity index is 0.000000224. The summed E-state index contributed by atoms with van der Waals surface area (Å²) in [6.45, 7) is 2.22. The number of fused-ring (bicyclic) bond motifs is 1. The van der Waals surface area contributed by atoms with Gasteiger partial charge in [0.25, 0.3) is 0 Å². The van der Waals surface area contributed by atoms with Gasteiger partial charge in [0.2, 0.25) is 0 Å². The average molecular weight is 650 g/mol. The number of hydrogen-bond donors (Lipinski definition) is 0. The first kappa shape index (κ1) is 31.4. The second kappa shape index (κ2) is 17.5. The normalized spacial score (nSPS) is 10.6. The third-order valence-electron chi connectivity index (χ3n) is 6.16. The summed E-state index contributed by atoms with van der Waals surface area (Å²) in [5, 5.41) is 3.79. The van der Waals surface area contributed by atoms with Gasteiger partial charge in [0.05, 0.1) is 7.92 Å². The fourth-order valence-corrected chi connectivity index (χ4v) is 5.09. The number of halogens is 1. The summed E-state index contributed by atoms with van der Waals surface area (Å²) in [7, 11) is 7.87. The molecule has 0 aliphatic heterocycles. The van der Waals surface area contributed by atoms with Crippen molar-refractivity contribution in [3.8, 4) is 23.2 Å². The number of benzene rings is 5. The van der Waals surface area contributed by atoms with E-state index in [1.54, 1.807) is 0 Å². The van der Waals surface area contributed by atoms with Gasteiger partial charge in [0.15, 0.2) is 0 Å². The number of rotatable bonds is 3. The molecule has 4 heteroatoms. The van der Waals surface area contributed by atoms with Crippen molar-refractivity contribution in [2.75, 3.05) is 14.1 Å². The summed E-state index contributed by atoms with van der Waals surface area (Å²) >= 11 is 2.22. The first-order valence-corrected chi connectivity index (χ1v) is 16.1. The van der Waals surface area contributed by atoms with Gasteiger partial charge in [-0.05, 0) is 44.4 Å². The summed E-state index contributed by atoms with van der Waals surface area (Å²) in [5.41, 5.74) is 10.1. The molecule has 0 radical (unpaired) electrons. The second-order valence-electron chi connectivity index (χ2n) is 9.01. The fraction of sp³-hybridized carbons (Fsp3) is 0.111. The molecule has 0 aliphatic carbocycles. The Kier molecular flexibility index (Phi) is 13.7. The molecule has 0 saturated carbocycles. The molecular formula is C36H31ClNPPd. The Morgan fingerprint density at radius 1 is 0.675 bits per heavy atom. The summed E-state index contributed by atoms with van der Waals surface area (Å²) < 4.78 is 0. The molecule has 5 rings (SSSR count). The molecule has 5 aromatic rings. The molecule has 202 valence electrons. The standard InChI is InChI=1S/C22H15P.C14H16N.ClH.Pd/c1-4-10-20(11-5-1)16-18-23(22-14-8-3-9-15-22)19-17-21-12-6-2-7-13-21;1-11(15(2)3)13-10-6-8-12-7-4-5-9-14(12)13;;/h1-15H;4-5,7-11H,1-3H3;1H;/q;-1;;+2/p-1/t;11-;;/m.0../s1. The van der Waals surface area contributed by atoms with Crippen molar-refractivity contribution in [2.45, 2.75) is 13.0 Å². The Morgan fingerprint density at radius 2 is 1.15 bits per heavy atom. The monoisotopic (exact) mass is 649 g/mol. The van der Waals surface area contributed by atoms with E-state index in [0.717, 1.165) is 11.1 Å². The van der Waals surface area contributed by atoms with Gasteiger partial charge in [-0.3, -0.25) is 0 Å². The molecule has 0 N–H and O–H groups in total. The van der Waals surface area contributed by atoms with Crippen LogP contribution < -0.4 is 5.30 Å². The van der Waals surface area contributed by atoms with E-state index in [1.807, 2.05) is 84.9 Å². The van der Waals surface area contributed by atoms with Gasteiger partial charge in [0.1, 0.15) is 0 Å². The van der Waals surface area contributed by atoms with Crippen molar-refractivity contribution >= 4 is 33.5 Å². The molecular weight excluding hydrogens is 619 g/mol. The van der Waals surface area contributed by atoms with Crippen molar-refractivity contribution in [2.24, 2.45) is 0 Å². The van der Waals surface area contributed by atoms with E-state index in [9.17, 15) is 0 Å². The van der Waals surface area contributed by atoms with Crippen molar-refractivity contribution in [1.29, 1.82) is 0 Å². The first-order valence-electron chi connectivity index (χ1n) is 12.8. The van der Waals surface area contributed by atoms with Gasteiger partial charge in [-0.2, -0.15) is 18.2 Å². The van der Waals surface area contributed by atoms with E-state index in [1.165, 1.54) is 21.6 Å². The maximum atomic E-state index is 4.49. The van der Waals surface area contributed by atoms with Gasteiger partial charge in [-0.1, -0.05) is 115 Å². The molecule has 0 bridgehead atoms. The number of hydrogen-bond acceptors (Lipinski definition) is 1. The van der Waals surface area contributed by atoms with E-state index in [2.05, 4.69) is 125 Å². The number of nitrogens with zero attached hydrogens (tertiary/aromatic N) is 1. The molecule has 0 unspecified atom stereocenters. The molecule has 0 aromatic heterocycles. The average Bonchev–Trinajstić information content (AvgIpc) is 3.03. The van der Waals surface area contributed by atoms with Crippen LogP contribution in [0, 0.1) is 29.2 Å². The molecule has 40 heavy (non-hydrogen) atoms. The van der Waals surface area contributed by atoms with Crippen LogP contribution in [0.1, 0.15) is 29.7 Å². The van der Waals surface area contributed by atoms with Crippen molar-refractivity contribution in [3.63, 3.8) is 0 Å². The Labute approximate surface area is 255 Å². The Bertz CT molecular complexity index is 1500. The minimum atomic E-state index is -0.825. The molecule has 0 aliphatic rings. The maximum absolute atomic E-state index is 4.49. The zero-order valence-corrected chi connectivity index (χ0v) is 26.0. The van der Waals surface area contributed by atoms with E-state index in [4.69, 9.17) is 0 Å². The van der Waals surface area contributed by atoms with E-state index >= 15 is 0 Å². The Hall–Kier alpha value is -3.18. The molecule has 5 aromatic carbocycles. The zero-order valence-electron chi connectivity index (χ0n) is 22.8. The minimum absolute atomic E-state index is 0.423. The summed E-state index contributed by atoms with van der Waals surface area (Å²) in [5.74, 6) is 6.51. The third kappa shape index (κ3) is 9.78. The molecule has 1 atom stereocenters. The molecule has 1 nitrogen and oxygen atoms in total. The van der Waals surface area contributed by atoms with Crippen LogP contribution in [0.2, 0.25) is 0 Å². The van der Waals surface area contributed by atoms with E-state index in [0.29, 0.717) is 6.04 Å². The van der Waals surface area contributed by atoms with Gasteiger partial charge in [0, 0.05) is 16.4 Å². The Morgan fingerprint density at radius 3 is 1.68 bits per heavy atom. The van der Waals surface area contributed by atoms with Gasteiger partial charge >= 0.3 is 27.7 Å². The van der Waals surface area contributed by atoms with Crippen LogP contribution in [0.25, 0.3) is 10.8 Å². The SMILES string of the molecule is C(#CP(C#Cc1ccccc1)c1ccccc1)c1ccccc1.C[C@@H](c1c[c-]cc2ccccc12)N(C)C.[Cl][Pd+]. The quantitative estimate of drug-likeness (QED) is 0.0817. The molecule has 0 spiro atoms. The molecule has 0 fully saturated rings. The molecule has 0 heterocycles. The predicted molar refractivity (Wildman–Crippen MR) is 170 cm³/mol.